The zero-order valence-corrected chi connectivity index (χ0v) is 7.16. The maximum absolute atomic E-state index is 10.9. The van der Waals surface area contributed by atoms with Gasteiger partial charge in [-0.3, -0.25) is 9.59 Å². The summed E-state index contributed by atoms with van der Waals surface area (Å²) in [5.74, 6) is -1.74. The van der Waals surface area contributed by atoms with Crippen molar-refractivity contribution < 1.29 is 14.3 Å². The summed E-state index contributed by atoms with van der Waals surface area (Å²) in [6.45, 7) is 3.22. The van der Waals surface area contributed by atoms with Gasteiger partial charge in [0.25, 0.3) is 0 Å². The summed E-state index contributed by atoms with van der Waals surface area (Å²) < 4.78 is 4.58. The Morgan fingerprint density at radius 1 is 1.58 bits per heavy atom. The van der Waals surface area contributed by atoms with Crippen LogP contribution >= 0.6 is 0 Å². The van der Waals surface area contributed by atoms with Crippen molar-refractivity contribution in [1.29, 1.82) is 5.26 Å². The Labute approximate surface area is 71.1 Å². The van der Waals surface area contributed by atoms with Crippen LogP contribution in [0.2, 0.25) is 0 Å². The Morgan fingerprint density at radius 2 is 2.17 bits per heavy atom. The highest BCUT2D eigenvalue weighted by Gasteiger charge is 2.20. The highest BCUT2D eigenvalue weighted by molar-refractivity contribution is 5.84. The van der Waals surface area contributed by atoms with E-state index in [9.17, 15) is 9.59 Å². The zero-order valence-electron chi connectivity index (χ0n) is 7.16. The molecule has 0 N–H and O–H groups in total. The number of nitriles is 1. The Balaban J connectivity index is 4.08. The van der Waals surface area contributed by atoms with Gasteiger partial charge in [-0.2, -0.15) is 5.26 Å². The van der Waals surface area contributed by atoms with E-state index in [2.05, 4.69) is 4.74 Å². The lowest BCUT2D eigenvalue weighted by molar-refractivity contribution is -0.147. The molecule has 0 amide bonds. The van der Waals surface area contributed by atoms with E-state index in [4.69, 9.17) is 5.26 Å². The molecular weight excluding hydrogens is 158 g/mol. The molecule has 0 aromatic carbocycles. The third kappa shape index (κ3) is 3.71. The van der Waals surface area contributed by atoms with Crippen LogP contribution in [0.3, 0.4) is 0 Å². The molecular formula is C8H11NO3. The first-order valence-electron chi connectivity index (χ1n) is 3.67. The number of carbonyl (C=O) groups is 2. The molecule has 4 nitrogen and oxygen atoms in total. The van der Waals surface area contributed by atoms with E-state index in [1.807, 2.05) is 0 Å². The molecule has 0 spiro atoms. The SMILES string of the molecule is CCOC(=O)C(C#N)CC(C)=O. The summed E-state index contributed by atoms with van der Waals surface area (Å²) in [7, 11) is 0. The Kier molecular flexibility index (Phi) is 4.70. The Morgan fingerprint density at radius 3 is 2.50 bits per heavy atom. The molecule has 0 aliphatic carbocycles. The smallest absolute Gasteiger partial charge is 0.323 e. The van der Waals surface area contributed by atoms with Gasteiger partial charge in [0.15, 0.2) is 5.92 Å². The quantitative estimate of drug-likeness (QED) is 0.580. The van der Waals surface area contributed by atoms with Crippen molar-refractivity contribution in [2.24, 2.45) is 5.92 Å². The summed E-state index contributed by atoms with van der Waals surface area (Å²) >= 11 is 0. The maximum atomic E-state index is 10.9. The van der Waals surface area contributed by atoms with Gasteiger partial charge in [-0.25, -0.2) is 0 Å². The van der Waals surface area contributed by atoms with Crippen molar-refractivity contribution in [3.8, 4) is 6.07 Å². The number of hydrogen-bond acceptors (Lipinski definition) is 4. The molecule has 66 valence electrons. The summed E-state index contributed by atoms with van der Waals surface area (Å²) in [5, 5.41) is 8.47. The van der Waals surface area contributed by atoms with Crippen molar-refractivity contribution in [1.82, 2.24) is 0 Å². The second kappa shape index (κ2) is 5.30. The summed E-state index contributed by atoms with van der Waals surface area (Å²) in [6, 6.07) is 1.72. The van der Waals surface area contributed by atoms with E-state index < -0.39 is 11.9 Å². The number of nitrogens with zero attached hydrogens (tertiary/aromatic N) is 1. The molecule has 0 rings (SSSR count). The third-order valence-electron chi connectivity index (χ3n) is 1.22. The first-order chi connectivity index (χ1) is 5.61. The zero-order chi connectivity index (χ0) is 9.56. The Bertz CT molecular complexity index is 217. The number of ketones is 1. The molecule has 0 aromatic heterocycles. The van der Waals surface area contributed by atoms with Crippen molar-refractivity contribution in [2.45, 2.75) is 20.3 Å². The predicted molar refractivity (Wildman–Crippen MR) is 41.0 cm³/mol. The summed E-state index contributed by atoms with van der Waals surface area (Å²) in [5.41, 5.74) is 0. The van der Waals surface area contributed by atoms with Crippen LogP contribution in [-0.4, -0.2) is 18.4 Å². The number of hydrogen-bond donors (Lipinski definition) is 0. The van der Waals surface area contributed by atoms with Crippen molar-refractivity contribution >= 4 is 11.8 Å². The average molecular weight is 169 g/mol. The first-order valence-corrected chi connectivity index (χ1v) is 3.67. The Hall–Kier alpha value is -1.37. The van der Waals surface area contributed by atoms with Gasteiger partial charge in [-0.15, -0.1) is 0 Å². The monoisotopic (exact) mass is 169 g/mol. The fraction of sp³-hybridized carbons (Fsp3) is 0.625. The summed E-state index contributed by atoms with van der Waals surface area (Å²) in [4.78, 5) is 21.5. The van der Waals surface area contributed by atoms with E-state index >= 15 is 0 Å². The highest BCUT2D eigenvalue weighted by Crippen LogP contribution is 2.04. The molecule has 0 fully saturated rings. The van der Waals surface area contributed by atoms with Gasteiger partial charge in [0.05, 0.1) is 12.7 Å². The molecule has 0 heterocycles. The average Bonchev–Trinajstić information content (AvgIpc) is 2.00. The van der Waals surface area contributed by atoms with Gasteiger partial charge in [-0.1, -0.05) is 0 Å². The largest absolute Gasteiger partial charge is 0.465 e. The van der Waals surface area contributed by atoms with Crippen molar-refractivity contribution in [2.75, 3.05) is 6.61 Å². The van der Waals surface area contributed by atoms with Crippen LogP contribution in [0, 0.1) is 17.2 Å². The molecule has 0 saturated heterocycles. The van der Waals surface area contributed by atoms with Gasteiger partial charge in [0.2, 0.25) is 0 Å². The number of ether oxygens (including phenoxy) is 1. The lowest BCUT2D eigenvalue weighted by Gasteiger charge is -2.04. The lowest BCUT2D eigenvalue weighted by atomic mass is 10.1. The fourth-order valence-electron chi connectivity index (χ4n) is 0.712. The van der Waals surface area contributed by atoms with Gasteiger partial charge < -0.3 is 4.74 Å². The van der Waals surface area contributed by atoms with Crippen molar-refractivity contribution in [3.63, 3.8) is 0 Å². The maximum Gasteiger partial charge on any atom is 0.323 e. The second-order valence-corrected chi connectivity index (χ2v) is 2.34. The molecule has 0 bridgehead atoms. The number of esters is 1. The van der Waals surface area contributed by atoms with Crippen LogP contribution in [0.15, 0.2) is 0 Å². The van der Waals surface area contributed by atoms with Gasteiger partial charge >= 0.3 is 5.97 Å². The van der Waals surface area contributed by atoms with E-state index in [1.54, 1.807) is 13.0 Å². The van der Waals surface area contributed by atoms with Gasteiger partial charge in [0.1, 0.15) is 5.78 Å². The number of Topliss-reactive ketones (excluding diaryl/α,β-unsaturated/α-hetero) is 1. The van der Waals surface area contributed by atoms with Crippen LogP contribution in [0.4, 0.5) is 0 Å². The van der Waals surface area contributed by atoms with Crippen molar-refractivity contribution in [3.05, 3.63) is 0 Å². The van der Waals surface area contributed by atoms with E-state index in [1.165, 1.54) is 6.92 Å². The minimum Gasteiger partial charge on any atom is -0.465 e. The van der Waals surface area contributed by atoms with E-state index in [0.29, 0.717) is 0 Å². The lowest BCUT2D eigenvalue weighted by Crippen LogP contribution is -2.18. The molecule has 4 heteroatoms. The molecule has 12 heavy (non-hydrogen) atoms. The molecule has 0 aliphatic rings. The van der Waals surface area contributed by atoms with Gasteiger partial charge in [-0.05, 0) is 13.8 Å². The van der Waals surface area contributed by atoms with Crippen LogP contribution in [-0.2, 0) is 14.3 Å². The normalized spacial score (nSPS) is 11.4. The summed E-state index contributed by atoms with van der Waals surface area (Å²) in [6.07, 6.45) is -0.0602. The van der Waals surface area contributed by atoms with Crippen LogP contribution in [0.25, 0.3) is 0 Å². The van der Waals surface area contributed by atoms with Crippen LogP contribution in [0.5, 0.6) is 0 Å². The van der Waals surface area contributed by atoms with Gasteiger partial charge in [0, 0.05) is 6.42 Å². The van der Waals surface area contributed by atoms with Crippen LogP contribution < -0.4 is 0 Å². The van der Waals surface area contributed by atoms with Crippen LogP contribution in [0.1, 0.15) is 20.3 Å². The topological polar surface area (TPSA) is 67.2 Å². The molecule has 0 radical (unpaired) electrons. The molecule has 1 unspecified atom stereocenters. The third-order valence-corrected chi connectivity index (χ3v) is 1.22. The minimum atomic E-state index is -0.942. The molecule has 0 aliphatic heterocycles. The number of rotatable bonds is 4. The molecule has 1 atom stereocenters. The second-order valence-electron chi connectivity index (χ2n) is 2.34. The predicted octanol–water partition coefficient (Wildman–Crippen LogP) is 0.668. The minimum absolute atomic E-state index is 0.0602. The fourth-order valence-corrected chi connectivity index (χ4v) is 0.712. The molecule has 0 aromatic rings. The highest BCUT2D eigenvalue weighted by atomic mass is 16.5. The molecule has 0 saturated carbocycles. The number of carbonyl (C=O) groups excluding carboxylic acids is 2. The first kappa shape index (κ1) is 10.6. The van der Waals surface area contributed by atoms with E-state index in [0.717, 1.165) is 0 Å². The van der Waals surface area contributed by atoms with E-state index in [-0.39, 0.29) is 18.8 Å². The standard InChI is InChI=1S/C8H11NO3/c1-3-12-8(11)7(5-9)4-6(2)10/h7H,3-4H2,1-2H3.